The maximum absolute atomic E-state index is 12.8. The fraction of sp³-hybridized carbons (Fsp3) is 0.278. The zero-order valence-electron chi connectivity index (χ0n) is 12.8. The molecular weight excluding hydrogens is 295 g/mol. The lowest BCUT2D eigenvalue weighted by molar-refractivity contribution is 0.245. The number of rotatable bonds is 5. The Morgan fingerprint density at radius 1 is 1.17 bits per heavy atom. The number of urea groups is 1. The van der Waals surface area contributed by atoms with Gasteiger partial charge in [-0.15, -0.1) is 0 Å². The molecule has 3 rings (SSSR count). The minimum Gasteiger partial charge on any atom is -0.494 e. The summed E-state index contributed by atoms with van der Waals surface area (Å²) in [6, 6.07) is 13.8. The molecule has 2 aromatic rings. The van der Waals surface area contributed by atoms with Gasteiger partial charge in [0.1, 0.15) is 11.6 Å². The van der Waals surface area contributed by atoms with E-state index in [4.69, 9.17) is 4.74 Å². The average Bonchev–Trinajstić information content (AvgIpc) is 3.00. The third kappa shape index (κ3) is 3.80. The fourth-order valence-electron chi connectivity index (χ4n) is 2.63. The summed E-state index contributed by atoms with van der Waals surface area (Å²) in [5, 5.41) is 2.91. The van der Waals surface area contributed by atoms with E-state index in [1.165, 1.54) is 17.7 Å². The Labute approximate surface area is 134 Å². The van der Waals surface area contributed by atoms with Crippen LogP contribution in [0, 0.1) is 5.82 Å². The van der Waals surface area contributed by atoms with Gasteiger partial charge in [-0.2, -0.15) is 0 Å². The van der Waals surface area contributed by atoms with Gasteiger partial charge < -0.3 is 10.1 Å². The van der Waals surface area contributed by atoms with Crippen molar-refractivity contribution >= 4 is 11.7 Å². The van der Waals surface area contributed by atoms with Crippen LogP contribution in [0.15, 0.2) is 48.5 Å². The number of para-hydroxylation sites is 1. The van der Waals surface area contributed by atoms with Crippen LogP contribution in [0.5, 0.6) is 5.75 Å². The predicted octanol–water partition coefficient (Wildman–Crippen LogP) is 3.37. The van der Waals surface area contributed by atoms with Crippen molar-refractivity contribution in [3.63, 3.8) is 0 Å². The molecule has 4 nitrogen and oxygen atoms in total. The van der Waals surface area contributed by atoms with Crippen molar-refractivity contribution < 1.29 is 13.9 Å². The molecule has 0 saturated heterocycles. The van der Waals surface area contributed by atoms with Crippen LogP contribution in [0.4, 0.5) is 14.9 Å². The van der Waals surface area contributed by atoms with E-state index >= 15 is 0 Å². The summed E-state index contributed by atoms with van der Waals surface area (Å²) < 4.78 is 18.3. The van der Waals surface area contributed by atoms with Crippen molar-refractivity contribution in [3.8, 4) is 5.75 Å². The molecule has 1 aliphatic rings. The van der Waals surface area contributed by atoms with Gasteiger partial charge in [-0.25, -0.2) is 9.18 Å². The maximum Gasteiger partial charge on any atom is 0.321 e. The van der Waals surface area contributed by atoms with Gasteiger partial charge in [0.05, 0.1) is 6.61 Å². The molecule has 0 fully saturated rings. The van der Waals surface area contributed by atoms with E-state index in [9.17, 15) is 9.18 Å². The summed E-state index contributed by atoms with van der Waals surface area (Å²) in [7, 11) is 0. The number of benzene rings is 2. The monoisotopic (exact) mass is 314 g/mol. The second-order valence-corrected chi connectivity index (χ2v) is 5.42. The van der Waals surface area contributed by atoms with Crippen molar-refractivity contribution in [1.82, 2.24) is 5.32 Å². The van der Waals surface area contributed by atoms with E-state index < -0.39 is 0 Å². The minimum atomic E-state index is -0.282. The van der Waals surface area contributed by atoms with Crippen LogP contribution in [-0.2, 0) is 6.42 Å². The highest BCUT2D eigenvalue weighted by atomic mass is 19.1. The topological polar surface area (TPSA) is 41.6 Å². The average molecular weight is 314 g/mol. The normalized spacial score (nSPS) is 12.8. The second kappa shape index (κ2) is 7.13. The molecule has 2 amide bonds. The van der Waals surface area contributed by atoms with Crippen LogP contribution in [0.25, 0.3) is 0 Å². The van der Waals surface area contributed by atoms with E-state index in [0.29, 0.717) is 25.3 Å². The van der Waals surface area contributed by atoms with Gasteiger partial charge in [0.15, 0.2) is 0 Å². The first kappa shape index (κ1) is 15.3. The van der Waals surface area contributed by atoms with E-state index in [-0.39, 0.29) is 11.8 Å². The number of nitrogens with zero attached hydrogens (tertiary/aromatic N) is 1. The van der Waals surface area contributed by atoms with Gasteiger partial charge in [-0.1, -0.05) is 18.2 Å². The smallest absolute Gasteiger partial charge is 0.321 e. The number of ether oxygens (including phenoxy) is 1. The zero-order chi connectivity index (χ0) is 16.1. The quantitative estimate of drug-likeness (QED) is 0.860. The zero-order valence-corrected chi connectivity index (χ0v) is 12.8. The Balaban J connectivity index is 1.39. The van der Waals surface area contributed by atoms with Crippen molar-refractivity contribution in [3.05, 3.63) is 59.9 Å². The SMILES string of the molecule is O=C(NCCCOc1ccc(F)cc1)N1CCc2ccccc21. The molecule has 1 aliphatic heterocycles. The lowest BCUT2D eigenvalue weighted by Crippen LogP contribution is -2.39. The largest absolute Gasteiger partial charge is 0.494 e. The van der Waals surface area contributed by atoms with Crippen LogP contribution in [0.3, 0.4) is 0 Å². The Kier molecular flexibility index (Phi) is 4.76. The van der Waals surface area contributed by atoms with E-state index in [2.05, 4.69) is 11.4 Å². The van der Waals surface area contributed by atoms with Gasteiger partial charge >= 0.3 is 6.03 Å². The Hall–Kier alpha value is -2.56. The molecule has 0 aromatic heterocycles. The fourth-order valence-corrected chi connectivity index (χ4v) is 2.63. The van der Waals surface area contributed by atoms with Crippen LogP contribution in [0.1, 0.15) is 12.0 Å². The van der Waals surface area contributed by atoms with Gasteiger partial charge in [0.25, 0.3) is 0 Å². The van der Waals surface area contributed by atoms with Crippen molar-refractivity contribution in [2.45, 2.75) is 12.8 Å². The van der Waals surface area contributed by atoms with Gasteiger partial charge in [-0.3, -0.25) is 4.90 Å². The minimum absolute atomic E-state index is 0.0725. The second-order valence-electron chi connectivity index (χ2n) is 5.42. The number of nitrogens with one attached hydrogen (secondary N) is 1. The summed E-state index contributed by atoms with van der Waals surface area (Å²) in [5.41, 5.74) is 2.20. The number of amides is 2. The molecule has 5 heteroatoms. The lowest BCUT2D eigenvalue weighted by Gasteiger charge is -2.18. The molecule has 120 valence electrons. The first-order valence-corrected chi connectivity index (χ1v) is 7.76. The first-order valence-electron chi connectivity index (χ1n) is 7.76. The number of anilines is 1. The van der Waals surface area contributed by atoms with Crippen molar-refractivity contribution in [2.75, 3.05) is 24.6 Å². The standard InChI is InChI=1S/C18H19FN2O2/c19-15-6-8-16(9-7-15)23-13-3-11-20-18(22)21-12-10-14-4-1-2-5-17(14)21/h1-2,4-9H,3,10-13H2,(H,20,22). The van der Waals surface area contributed by atoms with Crippen molar-refractivity contribution in [2.24, 2.45) is 0 Å². The summed E-state index contributed by atoms with van der Waals surface area (Å²) >= 11 is 0. The highest BCUT2D eigenvalue weighted by Crippen LogP contribution is 2.27. The number of hydrogen-bond acceptors (Lipinski definition) is 2. The lowest BCUT2D eigenvalue weighted by atomic mass is 10.2. The van der Waals surface area contributed by atoms with E-state index in [0.717, 1.165) is 18.7 Å². The molecule has 0 atom stereocenters. The first-order chi connectivity index (χ1) is 11.2. The predicted molar refractivity (Wildman–Crippen MR) is 87.4 cm³/mol. The number of carbonyl (C=O) groups excluding carboxylic acids is 1. The molecule has 0 radical (unpaired) electrons. The summed E-state index contributed by atoms with van der Waals surface area (Å²) in [4.78, 5) is 14.0. The molecule has 2 aromatic carbocycles. The molecule has 1 N–H and O–H groups in total. The highest BCUT2D eigenvalue weighted by Gasteiger charge is 2.23. The summed E-state index contributed by atoms with van der Waals surface area (Å²) in [6.07, 6.45) is 1.59. The third-order valence-corrected chi connectivity index (χ3v) is 3.81. The number of carbonyl (C=O) groups is 1. The van der Waals surface area contributed by atoms with Gasteiger partial charge in [-0.05, 0) is 48.7 Å². The van der Waals surface area contributed by atoms with Crippen LogP contribution >= 0.6 is 0 Å². The van der Waals surface area contributed by atoms with E-state index in [1.807, 2.05) is 18.2 Å². The summed E-state index contributed by atoms with van der Waals surface area (Å²) in [5.74, 6) is 0.349. The van der Waals surface area contributed by atoms with Crippen LogP contribution in [-0.4, -0.2) is 25.7 Å². The Morgan fingerprint density at radius 3 is 2.78 bits per heavy atom. The number of fused-ring (bicyclic) bond motifs is 1. The highest BCUT2D eigenvalue weighted by molar-refractivity contribution is 5.94. The molecule has 0 unspecified atom stereocenters. The van der Waals surface area contributed by atoms with Crippen LogP contribution < -0.4 is 15.0 Å². The van der Waals surface area contributed by atoms with Gasteiger partial charge in [0, 0.05) is 18.8 Å². The number of halogens is 1. The van der Waals surface area contributed by atoms with Crippen molar-refractivity contribution in [1.29, 1.82) is 0 Å². The molecule has 23 heavy (non-hydrogen) atoms. The Bertz CT molecular complexity index is 673. The summed E-state index contributed by atoms with van der Waals surface area (Å²) in [6.45, 7) is 1.73. The molecule has 0 spiro atoms. The third-order valence-electron chi connectivity index (χ3n) is 3.81. The molecule has 0 bridgehead atoms. The molecular formula is C18H19FN2O2. The molecule has 1 heterocycles. The molecule has 0 saturated carbocycles. The van der Waals surface area contributed by atoms with Crippen LogP contribution in [0.2, 0.25) is 0 Å². The maximum atomic E-state index is 12.8. The number of hydrogen-bond donors (Lipinski definition) is 1. The Morgan fingerprint density at radius 2 is 1.96 bits per heavy atom. The molecule has 0 aliphatic carbocycles. The van der Waals surface area contributed by atoms with E-state index in [1.54, 1.807) is 17.0 Å². The van der Waals surface area contributed by atoms with Gasteiger partial charge in [0.2, 0.25) is 0 Å².